The SMILES string of the molecule is CCc1nc2c(Cl)ccc(O)c2c(C)c1Cc1ccc(Cl)cc1. The molecule has 1 aromatic heterocycles. The highest BCUT2D eigenvalue weighted by Gasteiger charge is 2.16. The largest absolute Gasteiger partial charge is 0.507 e. The molecule has 0 saturated carbocycles. The summed E-state index contributed by atoms with van der Waals surface area (Å²) in [6.45, 7) is 4.10. The Morgan fingerprint density at radius 1 is 1.04 bits per heavy atom. The molecule has 0 atom stereocenters. The van der Waals surface area contributed by atoms with Crippen molar-refractivity contribution >= 4 is 34.1 Å². The fourth-order valence-electron chi connectivity index (χ4n) is 2.94. The molecular weight excluding hydrogens is 329 g/mol. The molecule has 4 heteroatoms. The summed E-state index contributed by atoms with van der Waals surface area (Å²) in [5.74, 6) is 0.217. The molecule has 0 radical (unpaired) electrons. The predicted molar refractivity (Wildman–Crippen MR) is 96.8 cm³/mol. The van der Waals surface area contributed by atoms with E-state index in [-0.39, 0.29) is 5.75 Å². The number of halogens is 2. The summed E-state index contributed by atoms with van der Waals surface area (Å²) in [5.41, 5.74) is 5.01. The molecular formula is C19H17Cl2NO. The van der Waals surface area contributed by atoms with Crippen LogP contribution >= 0.6 is 23.2 Å². The van der Waals surface area contributed by atoms with Crippen LogP contribution in [0.2, 0.25) is 10.0 Å². The van der Waals surface area contributed by atoms with Crippen molar-refractivity contribution in [1.29, 1.82) is 0 Å². The number of pyridine rings is 1. The Hall–Kier alpha value is -1.77. The predicted octanol–water partition coefficient (Wildman–Crippen LogP) is 5.71. The van der Waals surface area contributed by atoms with Crippen molar-refractivity contribution in [2.45, 2.75) is 26.7 Å². The normalized spacial score (nSPS) is 11.1. The Morgan fingerprint density at radius 2 is 1.74 bits per heavy atom. The Balaban J connectivity index is 2.21. The molecule has 3 rings (SSSR count). The summed E-state index contributed by atoms with van der Waals surface area (Å²) in [6.07, 6.45) is 1.56. The number of aromatic nitrogens is 1. The third-order valence-electron chi connectivity index (χ3n) is 4.16. The molecule has 0 aliphatic carbocycles. The quantitative estimate of drug-likeness (QED) is 0.659. The number of phenols is 1. The van der Waals surface area contributed by atoms with Crippen molar-refractivity contribution in [3.8, 4) is 5.75 Å². The number of fused-ring (bicyclic) bond motifs is 1. The van der Waals surface area contributed by atoms with Crippen molar-refractivity contribution < 1.29 is 5.11 Å². The molecule has 118 valence electrons. The van der Waals surface area contributed by atoms with Crippen LogP contribution in [0.3, 0.4) is 0 Å². The minimum atomic E-state index is 0.217. The van der Waals surface area contributed by atoms with Crippen LogP contribution in [0.1, 0.15) is 29.3 Å². The molecule has 1 N–H and O–H groups in total. The fraction of sp³-hybridized carbons (Fsp3) is 0.211. The van der Waals surface area contributed by atoms with E-state index in [2.05, 4.69) is 6.92 Å². The zero-order chi connectivity index (χ0) is 16.6. The van der Waals surface area contributed by atoms with Crippen LogP contribution in [0.4, 0.5) is 0 Å². The van der Waals surface area contributed by atoms with E-state index in [0.29, 0.717) is 10.5 Å². The zero-order valence-electron chi connectivity index (χ0n) is 13.0. The number of hydrogen-bond donors (Lipinski definition) is 1. The Labute approximate surface area is 145 Å². The summed E-state index contributed by atoms with van der Waals surface area (Å²) >= 11 is 12.2. The number of rotatable bonds is 3. The van der Waals surface area contributed by atoms with Gasteiger partial charge in [-0.2, -0.15) is 0 Å². The van der Waals surface area contributed by atoms with Gasteiger partial charge in [0.2, 0.25) is 0 Å². The summed E-state index contributed by atoms with van der Waals surface area (Å²) in [4.78, 5) is 4.71. The van der Waals surface area contributed by atoms with Gasteiger partial charge in [0.25, 0.3) is 0 Å². The third kappa shape index (κ3) is 3.01. The highest BCUT2D eigenvalue weighted by atomic mass is 35.5. The lowest BCUT2D eigenvalue weighted by atomic mass is 9.94. The summed E-state index contributed by atoms with van der Waals surface area (Å²) in [6, 6.07) is 11.1. The smallest absolute Gasteiger partial charge is 0.125 e. The Kier molecular flexibility index (Phi) is 4.47. The lowest BCUT2D eigenvalue weighted by Crippen LogP contribution is -2.03. The van der Waals surface area contributed by atoms with Gasteiger partial charge in [-0.05, 0) is 60.7 Å². The van der Waals surface area contributed by atoms with E-state index >= 15 is 0 Å². The van der Waals surface area contributed by atoms with E-state index < -0.39 is 0 Å². The van der Waals surface area contributed by atoms with Gasteiger partial charge in [0, 0.05) is 16.1 Å². The van der Waals surface area contributed by atoms with Gasteiger partial charge in [0.05, 0.1) is 10.5 Å². The molecule has 3 aromatic rings. The van der Waals surface area contributed by atoms with Crippen molar-refractivity contribution in [2.24, 2.45) is 0 Å². The Morgan fingerprint density at radius 3 is 2.39 bits per heavy atom. The molecule has 1 heterocycles. The van der Waals surface area contributed by atoms with Crippen LogP contribution < -0.4 is 0 Å². The minimum absolute atomic E-state index is 0.217. The van der Waals surface area contributed by atoms with Gasteiger partial charge in [-0.3, -0.25) is 4.98 Å². The van der Waals surface area contributed by atoms with Crippen molar-refractivity contribution in [1.82, 2.24) is 4.98 Å². The van der Waals surface area contributed by atoms with Crippen molar-refractivity contribution in [3.63, 3.8) is 0 Å². The molecule has 2 nitrogen and oxygen atoms in total. The zero-order valence-corrected chi connectivity index (χ0v) is 14.5. The van der Waals surface area contributed by atoms with Gasteiger partial charge >= 0.3 is 0 Å². The second kappa shape index (κ2) is 6.38. The molecule has 0 spiro atoms. The molecule has 0 aliphatic rings. The number of hydrogen-bond acceptors (Lipinski definition) is 2. The molecule has 0 saturated heterocycles. The highest BCUT2D eigenvalue weighted by Crippen LogP contribution is 2.35. The average Bonchev–Trinajstić information content (AvgIpc) is 2.54. The van der Waals surface area contributed by atoms with Crippen LogP contribution in [0, 0.1) is 6.92 Å². The van der Waals surface area contributed by atoms with Crippen LogP contribution in [0.25, 0.3) is 10.9 Å². The molecule has 0 aliphatic heterocycles. The first-order chi connectivity index (χ1) is 11.0. The van der Waals surface area contributed by atoms with E-state index in [9.17, 15) is 5.11 Å². The summed E-state index contributed by atoms with van der Waals surface area (Å²) in [5, 5.41) is 12.3. The molecule has 0 amide bonds. The maximum atomic E-state index is 10.3. The van der Waals surface area contributed by atoms with Crippen molar-refractivity contribution in [2.75, 3.05) is 0 Å². The van der Waals surface area contributed by atoms with Gasteiger partial charge in [0.15, 0.2) is 0 Å². The first kappa shape index (κ1) is 16.1. The topological polar surface area (TPSA) is 33.1 Å². The standard InChI is InChI=1S/C19H17Cl2NO/c1-3-16-14(10-12-4-6-13(20)7-5-12)11(2)18-17(23)9-8-15(21)19(18)22-16/h4-9,23H,3,10H2,1-2H3. The number of aromatic hydroxyl groups is 1. The van der Waals surface area contributed by atoms with Crippen LogP contribution in [-0.4, -0.2) is 10.1 Å². The van der Waals surface area contributed by atoms with Gasteiger partial charge in [-0.15, -0.1) is 0 Å². The van der Waals surface area contributed by atoms with E-state index in [1.54, 1.807) is 12.1 Å². The van der Waals surface area contributed by atoms with Gasteiger partial charge < -0.3 is 5.11 Å². The number of aryl methyl sites for hydroxylation is 2. The maximum Gasteiger partial charge on any atom is 0.125 e. The van der Waals surface area contributed by atoms with Gasteiger partial charge in [0.1, 0.15) is 5.75 Å². The molecule has 23 heavy (non-hydrogen) atoms. The lowest BCUT2D eigenvalue weighted by Gasteiger charge is -2.16. The first-order valence-corrected chi connectivity index (χ1v) is 8.30. The van der Waals surface area contributed by atoms with E-state index in [1.165, 1.54) is 0 Å². The van der Waals surface area contributed by atoms with Crippen LogP contribution in [0.15, 0.2) is 36.4 Å². The fourth-order valence-corrected chi connectivity index (χ4v) is 3.26. The van der Waals surface area contributed by atoms with Crippen LogP contribution in [0.5, 0.6) is 5.75 Å². The molecule has 0 unspecified atom stereocenters. The maximum absolute atomic E-state index is 10.3. The van der Waals surface area contributed by atoms with Gasteiger partial charge in [-0.1, -0.05) is 42.3 Å². The minimum Gasteiger partial charge on any atom is -0.507 e. The summed E-state index contributed by atoms with van der Waals surface area (Å²) in [7, 11) is 0. The van der Waals surface area contributed by atoms with E-state index in [0.717, 1.165) is 45.6 Å². The van der Waals surface area contributed by atoms with Gasteiger partial charge in [-0.25, -0.2) is 0 Å². The number of phenolic OH excluding ortho intramolecular Hbond substituents is 1. The number of nitrogens with zero attached hydrogens (tertiary/aromatic N) is 1. The van der Waals surface area contributed by atoms with Crippen LogP contribution in [-0.2, 0) is 12.8 Å². The first-order valence-electron chi connectivity index (χ1n) is 7.55. The monoisotopic (exact) mass is 345 g/mol. The van der Waals surface area contributed by atoms with E-state index in [1.807, 2.05) is 31.2 Å². The second-order valence-corrected chi connectivity index (χ2v) is 6.45. The molecule has 0 bridgehead atoms. The molecule has 0 fully saturated rings. The van der Waals surface area contributed by atoms with Crippen molar-refractivity contribution in [3.05, 3.63) is 68.8 Å². The van der Waals surface area contributed by atoms with E-state index in [4.69, 9.17) is 28.2 Å². The highest BCUT2D eigenvalue weighted by molar-refractivity contribution is 6.35. The molecule has 2 aromatic carbocycles. The third-order valence-corrected chi connectivity index (χ3v) is 4.72. The number of benzene rings is 2. The lowest BCUT2D eigenvalue weighted by molar-refractivity contribution is 0.481. The summed E-state index contributed by atoms with van der Waals surface area (Å²) < 4.78 is 0. The Bertz CT molecular complexity index is 873. The average molecular weight is 346 g/mol. The second-order valence-electron chi connectivity index (χ2n) is 5.61.